The molecule has 1 saturated heterocycles. The van der Waals surface area contributed by atoms with Gasteiger partial charge in [0.1, 0.15) is 0 Å². The van der Waals surface area contributed by atoms with E-state index in [0.29, 0.717) is 43.1 Å². The Bertz CT molecular complexity index is 778. The number of hydrogen-bond acceptors (Lipinski definition) is 6. The third-order valence-corrected chi connectivity index (χ3v) is 5.07. The van der Waals surface area contributed by atoms with Gasteiger partial charge in [-0.05, 0) is 31.9 Å². The highest BCUT2D eigenvalue weighted by molar-refractivity contribution is 5.95. The van der Waals surface area contributed by atoms with Crippen molar-refractivity contribution in [3.05, 3.63) is 18.2 Å². The second-order valence-electron chi connectivity index (χ2n) is 8.45. The Labute approximate surface area is 177 Å². The van der Waals surface area contributed by atoms with Crippen molar-refractivity contribution in [3.8, 4) is 11.5 Å². The quantitative estimate of drug-likeness (QED) is 0.711. The van der Waals surface area contributed by atoms with E-state index in [0.717, 1.165) is 0 Å². The summed E-state index contributed by atoms with van der Waals surface area (Å²) in [5.74, 6) is -0.0474. The minimum Gasteiger partial charge on any atom is -0.493 e. The van der Waals surface area contributed by atoms with Crippen LogP contribution in [0.1, 0.15) is 40.5 Å². The summed E-state index contributed by atoms with van der Waals surface area (Å²) in [6.45, 7) is 8.22. The molecule has 1 atom stereocenters. The summed E-state index contributed by atoms with van der Waals surface area (Å²) >= 11 is 0. The normalized spacial score (nSPS) is 15.9. The minimum atomic E-state index is -0.945. The molecule has 0 aliphatic carbocycles. The highest BCUT2D eigenvalue weighted by Gasteiger charge is 2.34. The molecule has 1 aromatic carbocycles. The van der Waals surface area contributed by atoms with Crippen LogP contribution in [0, 0.1) is 11.3 Å². The van der Waals surface area contributed by atoms with Crippen LogP contribution in [0.2, 0.25) is 0 Å². The summed E-state index contributed by atoms with van der Waals surface area (Å²) in [5, 5.41) is 2.71. The molecule has 1 aromatic rings. The first-order chi connectivity index (χ1) is 14.1. The molecule has 1 aliphatic rings. The first kappa shape index (κ1) is 23.5. The molecule has 0 aromatic heterocycles. The fraction of sp³-hybridized carbons (Fsp3) is 0.591. The molecule has 0 saturated carbocycles. The minimum absolute atomic E-state index is 0.0805. The lowest BCUT2D eigenvalue weighted by molar-refractivity contribution is -0.160. The molecular formula is C22H32N2O6. The number of anilines is 1. The van der Waals surface area contributed by atoms with E-state index in [9.17, 15) is 14.4 Å². The van der Waals surface area contributed by atoms with Crippen molar-refractivity contribution in [2.45, 2.75) is 46.6 Å². The zero-order valence-electron chi connectivity index (χ0n) is 18.6. The monoisotopic (exact) mass is 420 g/mol. The number of ether oxygens (including phenoxy) is 3. The molecule has 2 amide bonds. The van der Waals surface area contributed by atoms with Gasteiger partial charge in [-0.25, -0.2) is 0 Å². The zero-order chi connectivity index (χ0) is 22.5. The predicted octanol–water partition coefficient (Wildman–Crippen LogP) is 2.86. The molecular weight excluding hydrogens is 388 g/mol. The summed E-state index contributed by atoms with van der Waals surface area (Å²) in [5.41, 5.74) is 0.0685. The van der Waals surface area contributed by atoms with Gasteiger partial charge in [0, 0.05) is 30.3 Å². The molecule has 0 unspecified atom stereocenters. The van der Waals surface area contributed by atoms with Crippen molar-refractivity contribution < 1.29 is 28.6 Å². The average molecular weight is 421 g/mol. The maximum atomic E-state index is 12.5. The number of piperidine rings is 1. The maximum absolute atomic E-state index is 12.5. The van der Waals surface area contributed by atoms with Crippen LogP contribution in [0.5, 0.6) is 11.5 Å². The number of esters is 1. The molecule has 166 valence electrons. The molecule has 0 spiro atoms. The molecule has 30 heavy (non-hydrogen) atoms. The number of nitrogens with one attached hydrogen (secondary N) is 1. The van der Waals surface area contributed by atoms with Gasteiger partial charge in [0.05, 0.1) is 20.1 Å². The summed E-state index contributed by atoms with van der Waals surface area (Å²) in [7, 11) is 3.04. The van der Waals surface area contributed by atoms with Gasteiger partial charge in [-0.15, -0.1) is 0 Å². The molecule has 0 radical (unpaired) electrons. The van der Waals surface area contributed by atoms with Crippen LogP contribution < -0.4 is 14.8 Å². The Morgan fingerprint density at radius 1 is 1.07 bits per heavy atom. The van der Waals surface area contributed by atoms with Crippen LogP contribution in [-0.2, 0) is 19.1 Å². The van der Waals surface area contributed by atoms with E-state index < -0.39 is 23.4 Å². The highest BCUT2D eigenvalue weighted by atomic mass is 16.5. The van der Waals surface area contributed by atoms with Gasteiger partial charge in [-0.1, -0.05) is 20.8 Å². The van der Waals surface area contributed by atoms with E-state index in [2.05, 4.69) is 5.32 Å². The van der Waals surface area contributed by atoms with E-state index in [1.54, 1.807) is 23.1 Å². The van der Waals surface area contributed by atoms with Crippen LogP contribution in [0.4, 0.5) is 5.69 Å². The first-order valence-electron chi connectivity index (χ1n) is 10.1. The molecule has 8 nitrogen and oxygen atoms in total. The van der Waals surface area contributed by atoms with Gasteiger partial charge in [-0.3, -0.25) is 14.4 Å². The van der Waals surface area contributed by atoms with Crippen molar-refractivity contribution in [3.63, 3.8) is 0 Å². The number of hydrogen-bond donors (Lipinski definition) is 1. The number of rotatable bonds is 6. The molecule has 1 N–H and O–H groups in total. The lowest BCUT2D eigenvalue weighted by Crippen LogP contribution is -2.45. The van der Waals surface area contributed by atoms with E-state index in [4.69, 9.17) is 14.2 Å². The van der Waals surface area contributed by atoms with E-state index in [1.165, 1.54) is 21.1 Å². The molecule has 1 heterocycles. The Morgan fingerprint density at radius 2 is 1.67 bits per heavy atom. The van der Waals surface area contributed by atoms with Crippen LogP contribution in [0.3, 0.4) is 0 Å². The second-order valence-corrected chi connectivity index (χ2v) is 8.45. The first-order valence-corrected chi connectivity index (χ1v) is 10.1. The number of carbonyl (C=O) groups excluding carboxylic acids is 3. The smallest absolute Gasteiger partial charge is 0.309 e. The lowest BCUT2D eigenvalue weighted by atomic mass is 9.91. The van der Waals surface area contributed by atoms with E-state index in [1.807, 2.05) is 20.8 Å². The number of methoxy groups -OCH3 is 2. The number of nitrogens with zero attached hydrogens (tertiary/aromatic N) is 1. The fourth-order valence-corrected chi connectivity index (χ4v) is 3.27. The van der Waals surface area contributed by atoms with Crippen molar-refractivity contribution in [1.29, 1.82) is 0 Å². The molecule has 0 bridgehead atoms. The van der Waals surface area contributed by atoms with Crippen LogP contribution in [0.25, 0.3) is 0 Å². The summed E-state index contributed by atoms with van der Waals surface area (Å²) in [6.07, 6.45) is 0.120. The Balaban J connectivity index is 1.87. The van der Waals surface area contributed by atoms with Gasteiger partial charge < -0.3 is 24.4 Å². The number of benzene rings is 1. The van der Waals surface area contributed by atoms with Crippen LogP contribution >= 0.6 is 0 Å². The highest BCUT2D eigenvalue weighted by Crippen LogP contribution is 2.30. The second kappa shape index (κ2) is 9.82. The SMILES string of the molecule is COc1ccc(NC(=O)[C@@H](C)OC(=O)C2CCN(C(=O)C(C)(C)C)CC2)cc1OC. The standard InChI is InChI=1S/C22H32N2O6/c1-14(19(25)23-16-7-8-17(28-5)18(13-16)29-6)30-20(26)15-9-11-24(12-10-15)21(27)22(2,3)4/h7-8,13-15H,9-12H2,1-6H3,(H,23,25)/t14-/m1/s1. The lowest BCUT2D eigenvalue weighted by Gasteiger charge is -2.35. The third kappa shape index (κ3) is 5.87. The predicted molar refractivity (Wildman–Crippen MR) is 112 cm³/mol. The Kier molecular flexibility index (Phi) is 7.70. The van der Waals surface area contributed by atoms with Crippen LogP contribution in [0.15, 0.2) is 18.2 Å². The number of carbonyl (C=O) groups is 3. The van der Waals surface area contributed by atoms with E-state index >= 15 is 0 Å². The van der Waals surface area contributed by atoms with Crippen LogP contribution in [-0.4, -0.2) is 56.1 Å². The Morgan fingerprint density at radius 3 is 2.20 bits per heavy atom. The average Bonchev–Trinajstić information content (AvgIpc) is 2.72. The molecule has 2 rings (SSSR count). The van der Waals surface area contributed by atoms with Crippen molar-refractivity contribution in [1.82, 2.24) is 4.90 Å². The Hall–Kier alpha value is -2.77. The molecule has 1 aliphatic heterocycles. The topological polar surface area (TPSA) is 94.2 Å². The largest absolute Gasteiger partial charge is 0.493 e. The maximum Gasteiger partial charge on any atom is 0.309 e. The van der Waals surface area contributed by atoms with Gasteiger partial charge in [0.25, 0.3) is 5.91 Å². The molecule has 8 heteroatoms. The number of amides is 2. The fourth-order valence-electron chi connectivity index (χ4n) is 3.27. The molecule has 1 fully saturated rings. The zero-order valence-corrected chi connectivity index (χ0v) is 18.6. The summed E-state index contributed by atoms with van der Waals surface area (Å²) in [6, 6.07) is 4.99. The summed E-state index contributed by atoms with van der Waals surface area (Å²) < 4.78 is 15.8. The van der Waals surface area contributed by atoms with Gasteiger partial charge in [0.2, 0.25) is 5.91 Å². The van der Waals surface area contributed by atoms with E-state index in [-0.39, 0.29) is 11.8 Å². The van der Waals surface area contributed by atoms with Gasteiger partial charge in [-0.2, -0.15) is 0 Å². The van der Waals surface area contributed by atoms with Crippen molar-refractivity contribution in [2.75, 3.05) is 32.6 Å². The number of likely N-dealkylation sites (tertiary alicyclic amines) is 1. The van der Waals surface area contributed by atoms with Crippen molar-refractivity contribution >= 4 is 23.5 Å². The van der Waals surface area contributed by atoms with Gasteiger partial charge in [0.15, 0.2) is 17.6 Å². The van der Waals surface area contributed by atoms with Crippen molar-refractivity contribution in [2.24, 2.45) is 11.3 Å². The summed E-state index contributed by atoms with van der Waals surface area (Å²) in [4.78, 5) is 39.1. The third-order valence-electron chi connectivity index (χ3n) is 5.07. The van der Waals surface area contributed by atoms with Gasteiger partial charge >= 0.3 is 5.97 Å².